The van der Waals surface area contributed by atoms with Crippen molar-refractivity contribution in [2.45, 2.75) is 47.5 Å². The molecule has 2 unspecified atom stereocenters. The van der Waals surface area contributed by atoms with Crippen LogP contribution in [0, 0.1) is 11.8 Å². The highest BCUT2D eigenvalue weighted by Crippen LogP contribution is 2.48. The molecule has 0 saturated heterocycles. The molecule has 1 fully saturated rings. The number of hydrogen-bond acceptors (Lipinski definition) is 0. The van der Waals surface area contributed by atoms with Gasteiger partial charge in [0.2, 0.25) is 0 Å². The Bertz CT molecular complexity index is 122. The number of rotatable bonds is 0. The van der Waals surface area contributed by atoms with Crippen molar-refractivity contribution < 1.29 is 0 Å². The minimum Gasteiger partial charge on any atom is -0.0822 e. The molecule has 0 nitrogen and oxygen atoms in total. The Morgan fingerprint density at radius 2 is 1.73 bits per heavy atom. The van der Waals surface area contributed by atoms with Gasteiger partial charge in [0.15, 0.2) is 0 Å². The molecule has 2 aliphatic rings. The van der Waals surface area contributed by atoms with E-state index in [4.69, 9.17) is 0 Å². The Kier molecular flexibility index (Phi) is 5.27. The third-order valence-corrected chi connectivity index (χ3v) is 2.00. The van der Waals surface area contributed by atoms with Gasteiger partial charge in [-0.3, -0.25) is 0 Å². The molecule has 2 atom stereocenters. The van der Waals surface area contributed by atoms with Gasteiger partial charge < -0.3 is 0 Å². The zero-order valence-electron chi connectivity index (χ0n) is 8.65. The molecule has 0 aromatic carbocycles. The molecule has 0 heterocycles. The molecule has 0 bridgehead atoms. The van der Waals surface area contributed by atoms with E-state index < -0.39 is 0 Å². The molecule has 2 rings (SSSR count). The van der Waals surface area contributed by atoms with Crippen LogP contribution in [0.25, 0.3) is 0 Å². The first-order chi connectivity index (χ1) is 5.36. The number of fused-ring (bicyclic) bond motifs is 1. The second-order valence-corrected chi connectivity index (χ2v) is 2.86. The smallest absolute Gasteiger partial charge is 0.0160 e. The quantitative estimate of drug-likeness (QED) is 0.462. The van der Waals surface area contributed by atoms with E-state index in [1.54, 1.807) is 5.57 Å². The zero-order chi connectivity index (χ0) is 8.85. The lowest BCUT2D eigenvalue weighted by Crippen LogP contribution is -1.83. The van der Waals surface area contributed by atoms with E-state index in [1.165, 1.54) is 12.8 Å². The number of hydrogen-bond donors (Lipinski definition) is 0. The molecular formula is C11H22. The van der Waals surface area contributed by atoms with E-state index in [0.29, 0.717) is 0 Å². The minimum absolute atomic E-state index is 0.911. The van der Waals surface area contributed by atoms with Crippen LogP contribution in [0.15, 0.2) is 11.6 Å². The van der Waals surface area contributed by atoms with Gasteiger partial charge in [0.1, 0.15) is 0 Å². The second-order valence-electron chi connectivity index (χ2n) is 2.86. The van der Waals surface area contributed by atoms with E-state index in [0.717, 1.165) is 11.8 Å². The van der Waals surface area contributed by atoms with Crippen LogP contribution < -0.4 is 0 Å². The summed E-state index contributed by atoms with van der Waals surface area (Å²) >= 11 is 0. The second kappa shape index (κ2) is 5.40. The van der Waals surface area contributed by atoms with Gasteiger partial charge in [0.25, 0.3) is 0 Å². The molecule has 0 spiro atoms. The number of allylic oxidation sites excluding steroid dienone is 2. The SMILES string of the molecule is CC.CC.CC1C=C2CC2C1. The predicted molar refractivity (Wildman–Crippen MR) is 52.7 cm³/mol. The van der Waals surface area contributed by atoms with E-state index in [-0.39, 0.29) is 0 Å². The molecule has 11 heavy (non-hydrogen) atoms. The van der Waals surface area contributed by atoms with Crippen molar-refractivity contribution >= 4 is 0 Å². The maximum absolute atomic E-state index is 2.44. The zero-order valence-corrected chi connectivity index (χ0v) is 8.65. The van der Waals surface area contributed by atoms with Crippen molar-refractivity contribution in [3.63, 3.8) is 0 Å². The van der Waals surface area contributed by atoms with E-state index in [9.17, 15) is 0 Å². The monoisotopic (exact) mass is 154 g/mol. The molecule has 0 aromatic rings. The average molecular weight is 154 g/mol. The van der Waals surface area contributed by atoms with Crippen molar-refractivity contribution in [2.24, 2.45) is 11.8 Å². The van der Waals surface area contributed by atoms with Crippen LogP contribution >= 0.6 is 0 Å². The van der Waals surface area contributed by atoms with Crippen molar-refractivity contribution in [3.8, 4) is 0 Å². The fourth-order valence-corrected chi connectivity index (χ4v) is 1.55. The average Bonchev–Trinajstić information content (AvgIpc) is 2.68. The van der Waals surface area contributed by atoms with Crippen LogP contribution in [0.2, 0.25) is 0 Å². The summed E-state index contributed by atoms with van der Waals surface area (Å²) in [5, 5.41) is 0. The summed E-state index contributed by atoms with van der Waals surface area (Å²) < 4.78 is 0. The molecule has 66 valence electrons. The summed E-state index contributed by atoms with van der Waals surface area (Å²) in [6.45, 7) is 10.3. The molecule has 2 aliphatic carbocycles. The summed E-state index contributed by atoms with van der Waals surface area (Å²) in [7, 11) is 0. The van der Waals surface area contributed by atoms with Gasteiger partial charge in [0.05, 0.1) is 0 Å². The lowest BCUT2D eigenvalue weighted by Gasteiger charge is -1.94. The highest BCUT2D eigenvalue weighted by Gasteiger charge is 2.35. The summed E-state index contributed by atoms with van der Waals surface area (Å²) in [5.74, 6) is 1.96. The van der Waals surface area contributed by atoms with Crippen molar-refractivity contribution in [3.05, 3.63) is 11.6 Å². The normalized spacial score (nSPS) is 30.1. The van der Waals surface area contributed by atoms with E-state index in [2.05, 4.69) is 13.0 Å². The summed E-state index contributed by atoms with van der Waals surface area (Å²) in [6.07, 6.45) is 5.32. The molecule has 0 N–H and O–H groups in total. The molecule has 0 aliphatic heterocycles. The minimum atomic E-state index is 0.911. The predicted octanol–water partition coefficient (Wildman–Crippen LogP) is 4.02. The summed E-state index contributed by atoms with van der Waals surface area (Å²) in [4.78, 5) is 0. The van der Waals surface area contributed by atoms with Gasteiger partial charge in [-0.05, 0) is 24.7 Å². The largest absolute Gasteiger partial charge is 0.0822 e. The third kappa shape index (κ3) is 3.09. The Labute approximate surface area is 71.7 Å². The lowest BCUT2D eigenvalue weighted by molar-refractivity contribution is 0.630. The fraction of sp³-hybridized carbons (Fsp3) is 0.818. The van der Waals surface area contributed by atoms with Crippen LogP contribution in [0.5, 0.6) is 0 Å². The maximum atomic E-state index is 2.44. The van der Waals surface area contributed by atoms with Crippen molar-refractivity contribution in [1.82, 2.24) is 0 Å². The molecule has 0 radical (unpaired) electrons. The maximum Gasteiger partial charge on any atom is -0.0160 e. The molecule has 0 amide bonds. The highest BCUT2D eigenvalue weighted by molar-refractivity contribution is 5.29. The van der Waals surface area contributed by atoms with Gasteiger partial charge in [-0.1, -0.05) is 46.3 Å². The van der Waals surface area contributed by atoms with Crippen LogP contribution in [-0.4, -0.2) is 0 Å². The Morgan fingerprint density at radius 1 is 1.18 bits per heavy atom. The van der Waals surface area contributed by atoms with Crippen LogP contribution in [-0.2, 0) is 0 Å². The summed E-state index contributed by atoms with van der Waals surface area (Å²) in [5.41, 5.74) is 1.74. The lowest BCUT2D eigenvalue weighted by atomic mass is 10.1. The first kappa shape index (κ1) is 10.7. The molecule has 0 heteroatoms. The first-order valence-corrected chi connectivity index (χ1v) is 5.07. The molecular weight excluding hydrogens is 132 g/mol. The molecule has 0 aromatic heterocycles. The van der Waals surface area contributed by atoms with Gasteiger partial charge in [-0.25, -0.2) is 0 Å². The fourth-order valence-electron chi connectivity index (χ4n) is 1.55. The Morgan fingerprint density at radius 3 is 1.91 bits per heavy atom. The van der Waals surface area contributed by atoms with Crippen LogP contribution in [0.1, 0.15) is 47.5 Å². The topological polar surface area (TPSA) is 0 Å². The van der Waals surface area contributed by atoms with E-state index in [1.807, 2.05) is 27.7 Å². The standard InChI is InChI=1S/C7H10.2C2H6/c1-5-2-6-4-7(6)3-5;2*1-2/h2,5,7H,3-4H2,1H3;2*1-2H3. The van der Waals surface area contributed by atoms with Gasteiger partial charge >= 0.3 is 0 Å². The van der Waals surface area contributed by atoms with Gasteiger partial charge in [-0.2, -0.15) is 0 Å². The van der Waals surface area contributed by atoms with Gasteiger partial charge in [-0.15, -0.1) is 0 Å². The first-order valence-electron chi connectivity index (χ1n) is 5.07. The Balaban J connectivity index is 0.000000222. The highest BCUT2D eigenvalue weighted by atomic mass is 14.4. The molecule has 1 saturated carbocycles. The van der Waals surface area contributed by atoms with Crippen LogP contribution in [0.4, 0.5) is 0 Å². The van der Waals surface area contributed by atoms with Crippen molar-refractivity contribution in [1.29, 1.82) is 0 Å². The van der Waals surface area contributed by atoms with E-state index >= 15 is 0 Å². The Hall–Kier alpha value is -0.260. The third-order valence-electron chi connectivity index (χ3n) is 2.00. The van der Waals surface area contributed by atoms with Gasteiger partial charge in [0, 0.05) is 0 Å². The van der Waals surface area contributed by atoms with Crippen LogP contribution in [0.3, 0.4) is 0 Å². The summed E-state index contributed by atoms with van der Waals surface area (Å²) in [6, 6.07) is 0. The van der Waals surface area contributed by atoms with Crippen molar-refractivity contribution in [2.75, 3.05) is 0 Å².